The molecule has 0 radical (unpaired) electrons. The van der Waals surface area contributed by atoms with Crippen LogP contribution in [0.2, 0.25) is 0 Å². The molecule has 0 aliphatic carbocycles. The van der Waals surface area contributed by atoms with Gasteiger partial charge in [0, 0.05) is 5.56 Å². The van der Waals surface area contributed by atoms with Crippen molar-refractivity contribution in [2.24, 2.45) is 0 Å². The zero-order chi connectivity index (χ0) is 37.9. The third-order valence-electron chi connectivity index (χ3n) is 10.2. The molecule has 1 heterocycles. The molecule has 0 bridgehead atoms. The van der Waals surface area contributed by atoms with Gasteiger partial charge in [-0.15, -0.1) is 0 Å². The van der Waals surface area contributed by atoms with Crippen LogP contribution in [0, 0.1) is 13.8 Å². The number of aryl methyl sites for hydroxylation is 2. The molecule has 1 N–H and O–H groups in total. The fourth-order valence-corrected chi connectivity index (χ4v) is 7.10. The van der Waals surface area contributed by atoms with Crippen molar-refractivity contribution < 1.29 is 28.8 Å². The number of aliphatic hydroxyl groups is 1. The van der Waals surface area contributed by atoms with E-state index in [1.807, 2.05) is 133 Å². The molecule has 6 nitrogen and oxygen atoms in total. The first-order valence-corrected chi connectivity index (χ1v) is 19.1. The van der Waals surface area contributed by atoms with Crippen molar-refractivity contribution in [1.29, 1.82) is 0 Å². The standard InChI is InChI=1S/C49H50O6/c1-36-23-26-38(27-24-36)29-43-30-44(28-25-37(43)2)49(50)48(54-34-42-21-13-6-14-22-42)47(53-33-41-19-11-5-12-20-41)46(52-32-40-17-9-4-10-18-40)45(55-49)35-51-31-39-15-7-3-8-16-39/h3-28,30,45-48,50H,29,31-35H2,1-2H3/t45-,46-,47+,48-,49?/m1/s1. The second-order valence-corrected chi connectivity index (χ2v) is 14.4. The maximum Gasteiger partial charge on any atom is 0.222 e. The van der Waals surface area contributed by atoms with Crippen molar-refractivity contribution >= 4 is 0 Å². The second-order valence-electron chi connectivity index (χ2n) is 14.4. The summed E-state index contributed by atoms with van der Waals surface area (Å²) in [5.74, 6) is -1.93. The third kappa shape index (κ3) is 10.0. The lowest BCUT2D eigenvalue weighted by molar-refractivity contribution is -0.378. The van der Waals surface area contributed by atoms with Gasteiger partial charge in [-0.2, -0.15) is 0 Å². The van der Waals surface area contributed by atoms with Crippen molar-refractivity contribution in [3.05, 3.63) is 214 Å². The molecule has 1 fully saturated rings. The highest BCUT2D eigenvalue weighted by molar-refractivity contribution is 5.38. The van der Waals surface area contributed by atoms with E-state index in [1.165, 1.54) is 11.1 Å². The average Bonchev–Trinajstić information content (AvgIpc) is 3.22. The van der Waals surface area contributed by atoms with Crippen LogP contribution >= 0.6 is 0 Å². The number of rotatable bonds is 16. The molecule has 282 valence electrons. The summed E-state index contributed by atoms with van der Waals surface area (Å²) in [5, 5.41) is 13.2. The van der Waals surface area contributed by atoms with Gasteiger partial charge in [0.2, 0.25) is 5.79 Å². The Morgan fingerprint density at radius 2 is 1.02 bits per heavy atom. The number of ether oxygens (including phenoxy) is 5. The Balaban J connectivity index is 1.29. The summed E-state index contributed by atoms with van der Waals surface area (Å²) >= 11 is 0. The topological polar surface area (TPSA) is 66.4 Å². The van der Waals surface area contributed by atoms with Gasteiger partial charge in [-0.05, 0) is 65.3 Å². The normalized spacial score (nSPS) is 21.0. The van der Waals surface area contributed by atoms with E-state index in [1.54, 1.807) is 0 Å². The highest BCUT2D eigenvalue weighted by Gasteiger charge is 2.57. The Kier molecular flexibility index (Phi) is 13.0. The summed E-state index contributed by atoms with van der Waals surface area (Å²) in [7, 11) is 0. The molecule has 1 aliphatic rings. The fourth-order valence-electron chi connectivity index (χ4n) is 7.10. The second kappa shape index (κ2) is 18.6. The van der Waals surface area contributed by atoms with Crippen molar-refractivity contribution in [2.45, 2.75) is 76.9 Å². The fraction of sp³-hybridized carbons (Fsp3) is 0.265. The zero-order valence-electron chi connectivity index (χ0n) is 31.6. The molecule has 6 aromatic carbocycles. The Morgan fingerprint density at radius 3 is 1.56 bits per heavy atom. The van der Waals surface area contributed by atoms with Crippen molar-refractivity contribution in [1.82, 2.24) is 0 Å². The molecule has 5 atom stereocenters. The van der Waals surface area contributed by atoms with Gasteiger partial charge in [0.15, 0.2) is 0 Å². The smallest absolute Gasteiger partial charge is 0.222 e. The highest BCUT2D eigenvalue weighted by Crippen LogP contribution is 2.42. The summed E-state index contributed by atoms with van der Waals surface area (Å²) in [6.45, 7) is 5.53. The molecule has 1 unspecified atom stereocenters. The van der Waals surface area contributed by atoms with E-state index in [0.717, 1.165) is 33.4 Å². The number of hydrogen-bond donors (Lipinski definition) is 1. The van der Waals surface area contributed by atoms with Gasteiger partial charge in [0.05, 0.1) is 33.0 Å². The van der Waals surface area contributed by atoms with Crippen molar-refractivity contribution in [2.75, 3.05) is 6.61 Å². The molecule has 7 rings (SSSR count). The minimum absolute atomic E-state index is 0.148. The van der Waals surface area contributed by atoms with Gasteiger partial charge in [-0.1, -0.05) is 163 Å². The number of benzene rings is 6. The van der Waals surface area contributed by atoms with Gasteiger partial charge >= 0.3 is 0 Å². The van der Waals surface area contributed by atoms with Gasteiger partial charge < -0.3 is 28.8 Å². The molecule has 0 amide bonds. The van der Waals surface area contributed by atoms with Crippen LogP contribution in [0.3, 0.4) is 0 Å². The van der Waals surface area contributed by atoms with E-state index < -0.39 is 30.2 Å². The third-order valence-corrected chi connectivity index (χ3v) is 10.2. The van der Waals surface area contributed by atoms with Crippen LogP contribution in [0.1, 0.15) is 50.1 Å². The maximum atomic E-state index is 13.2. The van der Waals surface area contributed by atoms with Crippen LogP contribution in [0.5, 0.6) is 0 Å². The van der Waals surface area contributed by atoms with Crippen molar-refractivity contribution in [3.63, 3.8) is 0 Å². The highest BCUT2D eigenvalue weighted by atomic mass is 16.7. The van der Waals surface area contributed by atoms with E-state index in [2.05, 4.69) is 44.2 Å². The SMILES string of the molecule is Cc1ccc(Cc2cc(C3(O)O[C@H](COCc4ccccc4)[C@@H](OCc4ccccc4)[C@H](OCc4ccccc4)[C@H]3OCc3ccccc3)ccc2C)cc1. The van der Waals surface area contributed by atoms with Crippen LogP contribution < -0.4 is 0 Å². The first kappa shape index (κ1) is 38.4. The molecule has 6 heteroatoms. The van der Waals surface area contributed by atoms with E-state index in [-0.39, 0.29) is 19.8 Å². The van der Waals surface area contributed by atoms with E-state index in [4.69, 9.17) is 23.7 Å². The zero-order valence-corrected chi connectivity index (χ0v) is 31.6. The predicted molar refractivity (Wildman–Crippen MR) is 215 cm³/mol. The summed E-state index contributed by atoms with van der Waals surface area (Å²) in [4.78, 5) is 0. The summed E-state index contributed by atoms with van der Waals surface area (Å²) in [6, 6.07) is 54.7. The van der Waals surface area contributed by atoms with Gasteiger partial charge in [0.25, 0.3) is 0 Å². The first-order valence-electron chi connectivity index (χ1n) is 19.1. The lowest BCUT2D eigenvalue weighted by atomic mass is 9.85. The molecular formula is C49H50O6. The van der Waals surface area contributed by atoms with Gasteiger partial charge in [-0.3, -0.25) is 0 Å². The summed E-state index contributed by atoms with van der Waals surface area (Å²) < 4.78 is 33.8. The molecular weight excluding hydrogens is 685 g/mol. The Hall–Kier alpha value is -4.92. The lowest BCUT2D eigenvalue weighted by Gasteiger charge is -2.50. The van der Waals surface area contributed by atoms with Crippen LogP contribution in [-0.2, 0) is 62.3 Å². The van der Waals surface area contributed by atoms with Crippen LogP contribution in [-0.4, -0.2) is 36.1 Å². The predicted octanol–water partition coefficient (Wildman–Crippen LogP) is 9.41. The number of hydrogen-bond acceptors (Lipinski definition) is 6. The van der Waals surface area contributed by atoms with Crippen molar-refractivity contribution in [3.8, 4) is 0 Å². The first-order chi connectivity index (χ1) is 26.9. The van der Waals surface area contributed by atoms with Gasteiger partial charge in [-0.25, -0.2) is 0 Å². The molecule has 0 saturated carbocycles. The minimum atomic E-state index is -1.93. The summed E-state index contributed by atoms with van der Waals surface area (Å²) in [6.07, 6.45) is -2.45. The largest absolute Gasteiger partial charge is 0.374 e. The Labute approximate surface area is 325 Å². The minimum Gasteiger partial charge on any atom is -0.374 e. The quantitative estimate of drug-likeness (QED) is 0.107. The maximum absolute atomic E-state index is 13.2. The average molecular weight is 735 g/mol. The molecule has 55 heavy (non-hydrogen) atoms. The monoisotopic (exact) mass is 734 g/mol. The van der Waals surface area contributed by atoms with E-state index in [9.17, 15) is 5.11 Å². The molecule has 1 saturated heterocycles. The molecule has 0 spiro atoms. The molecule has 6 aromatic rings. The van der Waals surface area contributed by atoms with E-state index in [0.29, 0.717) is 25.2 Å². The van der Waals surface area contributed by atoms with Crippen LogP contribution in [0.4, 0.5) is 0 Å². The lowest BCUT2D eigenvalue weighted by Crippen LogP contribution is -2.65. The Bertz CT molecular complexity index is 2040. The van der Waals surface area contributed by atoms with Gasteiger partial charge in [0.1, 0.15) is 24.4 Å². The van der Waals surface area contributed by atoms with Crippen LogP contribution in [0.15, 0.2) is 164 Å². The van der Waals surface area contributed by atoms with Crippen LogP contribution in [0.25, 0.3) is 0 Å². The van der Waals surface area contributed by atoms with E-state index >= 15 is 0 Å². The molecule has 0 aromatic heterocycles. The summed E-state index contributed by atoms with van der Waals surface area (Å²) in [5.41, 5.74) is 9.19. The Morgan fingerprint density at radius 1 is 0.527 bits per heavy atom. The molecule has 1 aliphatic heterocycles.